The molecule has 2 amide bonds. The number of nitrogens with zero attached hydrogens (tertiary/aromatic N) is 3. The van der Waals surface area contributed by atoms with E-state index >= 15 is 0 Å². The summed E-state index contributed by atoms with van der Waals surface area (Å²) in [5, 5.41) is 13.7. The van der Waals surface area contributed by atoms with Crippen LogP contribution in [0, 0.1) is 17.0 Å². The third kappa shape index (κ3) is 5.11. The largest absolute Gasteiger partial charge is 0.471 e. The van der Waals surface area contributed by atoms with Crippen LogP contribution in [-0.4, -0.2) is 54.0 Å². The van der Waals surface area contributed by atoms with E-state index in [-0.39, 0.29) is 37.4 Å². The molecule has 31 heavy (non-hydrogen) atoms. The Morgan fingerprint density at radius 1 is 1.03 bits per heavy atom. The fourth-order valence-electron chi connectivity index (χ4n) is 3.25. The molecule has 0 atom stereocenters. The summed E-state index contributed by atoms with van der Waals surface area (Å²) in [5.74, 6) is -2.34. The molecule has 2 aromatic rings. The minimum atomic E-state index is -4.88. The molecule has 0 unspecified atom stereocenters. The van der Waals surface area contributed by atoms with E-state index in [9.17, 15) is 32.9 Å². The van der Waals surface area contributed by atoms with Gasteiger partial charge in [-0.3, -0.25) is 19.7 Å². The van der Waals surface area contributed by atoms with Gasteiger partial charge in [0.15, 0.2) is 0 Å². The molecule has 1 heterocycles. The Hall–Kier alpha value is -3.63. The predicted molar refractivity (Wildman–Crippen MR) is 107 cm³/mol. The summed E-state index contributed by atoms with van der Waals surface area (Å²) in [6.07, 6.45) is -4.88. The van der Waals surface area contributed by atoms with Crippen molar-refractivity contribution in [2.75, 3.05) is 36.4 Å². The number of amides is 2. The summed E-state index contributed by atoms with van der Waals surface area (Å²) in [6, 6.07) is 10.9. The molecule has 8 nitrogen and oxygen atoms in total. The summed E-state index contributed by atoms with van der Waals surface area (Å²) in [6.45, 7) is 2.00. The van der Waals surface area contributed by atoms with E-state index in [0.717, 1.165) is 10.6 Å². The number of carbonyl (C=O) groups is 2. The van der Waals surface area contributed by atoms with Gasteiger partial charge in [0.25, 0.3) is 11.6 Å². The fourth-order valence-corrected chi connectivity index (χ4v) is 3.25. The van der Waals surface area contributed by atoms with Crippen molar-refractivity contribution >= 4 is 28.9 Å². The lowest BCUT2D eigenvalue weighted by molar-refractivity contribution is -0.385. The van der Waals surface area contributed by atoms with Crippen LogP contribution >= 0.6 is 0 Å². The molecule has 1 aliphatic rings. The van der Waals surface area contributed by atoms with Gasteiger partial charge in [0.05, 0.1) is 4.92 Å². The molecule has 164 valence electrons. The first kappa shape index (κ1) is 22.1. The van der Waals surface area contributed by atoms with Crippen LogP contribution in [0.25, 0.3) is 0 Å². The number of piperazine rings is 1. The highest BCUT2D eigenvalue weighted by Gasteiger charge is 2.43. The molecule has 0 spiro atoms. The van der Waals surface area contributed by atoms with Crippen molar-refractivity contribution in [3.8, 4) is 0 Å². The summed E-state index contributed by atoms with van der Waals surface area (Å²) < 4.78 is 37.6. The number of alkyl halides is 3. The molecular weight excluding hydrogens is 417 g/mol. The first-order valence-electron chi connectivity index (χ1n) is 9.34. The van der Waals surface area contributed by atoms with Crippen LogP contribution in [0.3, 0.4) is 0 Å². The van der Waals surface area contributed by atoms with Gasteiger partial charge in [0, 0.05) is 54.7 Å². The van der Waals surface area contributed by atoms with Gasteiger partial charge in [-0.25, -0.2) is 0 Å². The normalized spacial score (nSPS) is 14.3. The Kier molecular flexibility index (Phi) is 6.14. The number of rotatable bonds is 4. The Balaban J connectivity index is 1.61. The van der Waals surface area contributed by atoms with Crippen LogP contribution in [-0.2, 0) is 4.79 Å². The second-order valence-corrected chi connectivity index (χ2v) is 7.04. The number of hydrogen-bond acceptors (Lipinski definition) is 5. The molecule has 3 rings (SSSR count). The number of halogens is 3. The van der Waals surface area contributed by atoms with E-state index in [1.165, 1.54) is 18.2 Å². The molecule has 1 saturated heterocycles. The third-order valence-corrected chi connectivity index (χ3v) is 4.97. The van der Waals surface area contributed by atoms with Gasteiger partial charge >= 0.3 is 12.1 Å². The number of aryl methyl sites for hydroxylation is 1. The smallest absolute Gasteiger partial charge is 0.368 e. The summed E-state index contributed by atoms with van der Waals surface area (Å²) >= 11 is 0. The average Bonchev–Trinajstić information content (AvgIpc) is 2.73. The van der Waals surface area contributed by atoms with Crippen molar-refractivity contribution in [3.63, 3.8) is 0 Å². The fraction of sp³-hybridized carbons (Fsp3) is 0.300. The predicted octanol–water partition coefficient (Wildman–Crippen LogP) is 3.37. The van der Waals surface area contributed by atoms with Crippen molar-refractivity contribution < 1.29 is 27.7 Å². The van der Waals surface area contributed by atoms with Crippen LogP contribution in [0.15, 0.2) is 42.5 Å². The van der Waals surface area contributed by atoms with Gasteiger partial charge in [-0.2, -0.15) is 13.2 Å². The molecule has 1 aliphatic heterocycles. The van der Waals surface area contributed by atoms with E-state index in [1.54, 1.807) is 31.2 Å². The zero-order valence-electron chi connectivity index (χ0n) is 16.5. The highest BCUT2D eigenvalue weighted by atomic mass is 19.4. The van der Waals surface area contributed by atoms with E-state index in [1.807, 2.05) is 4.90 Å². The topological polar surface area (TPSA) is 95.8 Å². The Morgan fingerprint density at radius 2 is 1.65 bits per heavy atom. The lowest BCUT2D eigenvalue weighted by Crippen LogP contribution is -2.52. The van der Waals surface area contributed by atoms with Gasteiger partial charge < -0.3 is 15.1 Å². The maximum atomic E-state index is 12.5. The van der Waals surface area contributed by atoms with E-state index in [0.29, 0.717) is 11.3 Å². The molecule has 1 fully saturated rings. The molecule has 0 aliphatic carbocycles. The molecule has 0 aromatic heterocycles. The number of nitro benzene ring substituents is 1. The first-order valence-corrected chi connectivity index (χ1v) is 9.34. The highest BCUT2D eigenvalue weighted by Crippen LogP contribution is 2.24. The number of hydrogen-bond donors (Lipinski definition) is 1. The minimum Gasteiger partial charge on any atom is -0.368 e. The summed E-state index contributed by atoms with van der Waals surface area (Å²) in [5.41, 5.74) is 1.65. The highest BCUT2D eigenvalue weighted by molar-refractivity contribution is 6.04. The van der Waals surface area contributed by atoms with Gasteiger partial charge in [0.2, 0.25) is 0 Å². The monoisotopic (exact) mass is 436 g/mol. The first-order chi connectivity index (χ1) is 14.6. The molecule has 1 N–H and O–H groups in total. The SMILES string of the molecule is Cc1ccc(C(=O)Nc2ccc(N3CCN(C(=O)C(F)(F)F)CC3)cc2)cc1[N+](=O)[O-]. The van der Waals surface area contributed by atoms with Crippen molar-refractivity contribution in [3.05, 3.63) is 63.7 Å². The number of carbonyl (C=O) groups excluding carboxylic acids is 2. The van der Waals surface area contributed by atoms with Crippen LogP contribution in [0.2, 0.25) is 0 Å². The summed E-state index contributed by atoms with van der Waals surface area (Å²) in [7, 11) is 0. The van der Waals surface area contributed by atoms with Crippen LogP contribution < -0.4 is 10.2 Å². The van der Waals surface area contributed by atoms with Crippen molar-refractivity contribution in [1.29, 1.82) is 0 Å². The molecule has 2 aromatic carbocycles. The Labute approximate surface area is 175 Å². The van der Waals surface area contributed by atoms with E-state index < -0.39 is 22.9 Å². The van der Waals surface area contributed by atoms with E-state index in [4.69, 9.17) is 0 Å². The maximum absolute atomic E-state index is 12.5. The van der Waals surface area contributed by atoms with Gasteiger partial charge in [-0.05, 0) is 37.3 Å². The Morgan fingerprint density at radius 3 is 2.19 bits per heavy atom. The number of benzene rings is 2. The summed E-state index contributed by atoms with van der Waals surface area (Å²) in [4.78, 5) is 36.8. The molecule has 11 heteroatoms. The lowest BCUT2D eigenvalue weighted by atomic mass is 10.1. The number of anilines is 2. The average molecular weight is 436 g/mol. The second kappa shape index (κ2) is 8.62. The quantitative estimate of drug-likeness (QED) is 0.586. The van der Waals surface area contributed by atoms with Crippen LogP contribution in [0.5, 0.6) is 0 Å². The van der Waals surface area contributed by atoms with Gasteiger partial charge in [0.1, 0.15) is 0 Å². The number of nitrogens with one attached hydrogen (secondary N) is 1. The maximum Gasteiger partial charge on any atom is 0.471 e. The molecule has 0 saturated carbocycles. The Bertz CT molecular complexity index is 1000. The van der Waals surface area contributed by atoms with Crippen molar-refractivity contribution in [2.45, 2.75) is 13.1 Å². The minimum absolute atomic E-state index is 0.0387. The molecule has 0 bridgehead atoms. The van der Waals surface area contributed by atoms with E-state index in [2.05, 4.69) is 5.32 Å². The number of nitro groups is 1. The molecule has 0 radical (unpaired) electrons. The van der Waals surface area contributed by atoms with Crippen molar-refractivity contribution in [2.24, 2.45) is 0 Å². The van der Waals surface area contributed by atoms with Crippen LogP contribution in [0.1, 0.15) is 15.9 Å². The molecular formula is C20H19F3N4O4. The van der Waals surface area contributed by atoms with Crippen molar-refractivity contribution in [1.82, 2.24) is 4.90 Å². The second-order valence-electron chi connectivity index (χ2n) is 7.04. The van der Waals surface area contributed by atoms with Crippen LogP contribution in [0.4, 0.5) is 30.2 Å². The zero-order chi connectivity index (χ0) is 22.8. The van der Waals surface area contributed by atoms with Gasteiger partial charge in [-0.1, -0.05) is 6.07 Å². The standard InChI is InChI=1S/C20H19F3N4O4/c1-13-2-3-14(12-17(13)27(30)31)18(28)24-15-4-6-16(7-5-15)25-8-10-26(11-9-25)19(29)20(21,22)23/h2-7,12H,8-11H2,1H3,(H,24,28). The third-order valence-electron chi connectivity index (χ3n) is 4.97. The lowest BCUT2D eigenvalue weighted by Gasteiger charge is -2.36. The van der Waals surface area contributed by atoms with Gasteiger partial charge in [-0.15, -0.1) is 0 Å². The zero-order valence-corrected chi connectivity index (χ0v) is 16.5.